The molecule has 0 rings (SSSR count). The molecule has 4 N–H and O–H groups in total. The van der Waals surface area contributed by atoms with Crippen LogP contribution >= 0.6 is 0 Å². The van der Waals surface area contributed by atoms with Crippen molar-refractivity contribution in [2.24, 2.45) is 11.1 Å². The molecule has 110 valence electrons. The van der Waals surface area contributed by atoms with Crippen LogP contribution in [0.5, 0.6) is 0 Å². The van der Waals surface area contributed by atoms with Crippen molar-refractivity contribution in [3.63, 3.8) is 0 Å². The fourth-order valence-electron chi connectivity index (χ4n) is 1.59. The molecule has 0 saturated heterocycles. The smallest absolute Gasteiger partial charge is 0.326 e. The Morgan fingerprint density at radius 3 is 2.21 bits per heavy atom. The van der Waals surface area contributed by atoms with Gasteiger partial charge in [0.2, 0.25) is 5.91 Å². The zero-order chi connectivity index (χ0) is 15.2. The van der Waals surface area contributed by atoms with E-state index in [1.54, 1.807) is 7.05 Å². The van der Waals surface area contributed by atoms with Gasteiger partial charge >= 0.3 is 12.0 Å². The molecule has 0 radical (unpaired) electrons. The van der Waals surface area contributed by atoms with Crippen molar-refractivity contribution in [2.45, 2.75) is 39.7 Å². The van der Waals surface area contributed by atoms with Crippen LogP contribution in [0.1, 0.15) is 33.6 Å². The number of carbonyl (C=O) groups is 3. The number of hydrogen-bond acceptors (Lipinski definition) is 3. The monoisotopic (exact) mass is 273 g/mol. The minimum atomic E-state index is -1.18. The molecule has 0 saturated carbocycles. The van der Waals surface area contributed by atoms with E-state index in [-0.39, 0.29) is 18.3 Å². The molecule has 7 nitrogen and oxygen atoms in total. The fourth-order valence-corrected chi connectivity index (χ4v) is 1.59. The highest BCUT2D eigenvalue weighted by molar-refractivity contribution is 5.83. The van der Waals surface area contributed by atoms with E-state index in [1.165, 1.54) is 4.90 Å². The third-order valence-corrected chi connectivity index (χ3v) is 2.33. The van der Waals surface area contributed by atoms with E-state index >= 15 is 0 Å². The molecule has 0 heterocycles. The van der Waals surface area contributed by atoms with Gasteiger partial charge in [-0.25, -0.2) is 9.59 Å². The number of carboxylic acid groups (broad SMARTS) is 1. The van der Waals surface area contributed by atoms with Gasteiger partial charge in [0.15, 0.2) is 0 Å². The number of nitrogens with zero attached hydrogens (tertiary/aromatic N) is 1. The van der Waals surface area contributed by atoms with E-state index in [9.17, 15) is 14.4 Å². The van der Waals surface area contributed by atoms with Crippen LogP contribution in [-0.4, -0.2) is 47.5 Å². The minimum absolute atomic E-state index is 0.0141. The number of carbonyl (C=O) groups excluding carboxylic acids is 2. The molecular weight excluding hydrogens is 250 g/mol. The minimum Gasteiger partial charge on any atom is -0.480 e. The van der Waals surface area contributed by atoms with E-state index < -0.39 is 23.9 Å². The van der Waals surface area contributed by atoms with Gasteiger partial charge in [-0.05, 0) is 11.8 Å². The molecule has 0 fully saturated rings. The maximum atomic E-state index is 11.8. The summed E-state index contributed by atoms with van der Waals surface area (Å²) < 4.78 is 0. The molecular formula is C12H23N3O4. The van der Waals surface area contributed by atoms with Crippen molar-refractivity contribution in [1.82, 2.24) is 10.2 Å². The van der Waals surface area contributed by atoms with Crippen LogP contribution in [0.15, 0.2) is 0 Å². The summed E-state index contributed by atoms with van der Waals surface area (Å²) in [5.74, 6) is -1.78. The van der Waals surface area contributed by atoms with Crippen molar-refractivity contribution in [2.75, 3.05) is 13.6 Å². The van der Waals surface area contributed by atoms with E-state index in [0.29, 0.717) is 6.54 Å². The van der Waals surface area contributed by atoms with Gasteiger partial charge in [0.25, 0.3) is 0 Å². The summed E-state index contributed by atoms with van der Waals surface area (Å²) in [6.07, 6.45) is -0.0972. The second kappa shape index (κ2) is 6.96. The first kappa shape index (κ1) is 17.2. The Labute approximate surface area is 113 Å². The number of urea groups is 1. The molecule has 0 aliphatic heterocycles. The highest BCUT2D eigenvalue weighted by Gasteiger charge is 2.24. The van der Waals surface area contributed by atoms with Crippen molar-refractivity contribution in [3.8, 4) is 0 Å². The molecule has 0 aromatic heterocycles. The van der Waals surface area contributed by atoms with Crippen LogP contribution in [0.2, 0.25) is 0 Å². The molecule has 0 aliphatic rings. The predicted molar refractivity (Wildman–Crippen MR) is 70.5 cm³/mol. The standard InChI is InChI=1S/C12H23N3O4/c1-12(2,3)7-15(4)11(19)14-8(10(17)18)5-6-9(13)16/h8H,5-7H2,1-4H3,(H2,13,16)(H,14,19)(H,17,18). The molecule has 0 spiro atoms. The van der Waals surface area contributed by atoms with Gasteiger partial charge in [0.1, 0.15) is 6.04 Å². The van der Waals surface area contributed by atoms with E-state index in [4.69, 9.17) is 10.8 Å². The number of carboxylic acids is 1. The maximum Gasteiger partial charge on any atom is 0.326 e. The molecule has 1 atom stereocenters. The summed E-state index contributed by atoms with van der Waals surface area (Å²) in [5.41, 5.74) is 4.87. The normalized spacial score (nSPS) is 12.6. The molecule has 0 aliphatic carbocycles. The molecule has 0 bridgehead atoms. The Bertz CT molecular complexity index is 349. The van der Waals surface area contributed by atoms with Gasteiger partial charge < -0.3 is 21.1 Å². The molecule has 0 aromatic carbocycles. The second-order valence-electron chi connectivity index (χ2n) is 5.76. The summed E-state index contributed by atoms with van der Waals surface area (Å²) in [5, 5.41) is 11.3. The molecule has 0 aromatic rings. The second-order valence-corrected chi connectivity index (χ2v) is 5.76. The summed E-state index contributed by atoms with van der Waals surface area (Å²) in [7, 11) is 1.59. The Morgan fingerprint density at radius 2 is 1.84 bits per heavy atom. The lowest BCUT2D eigenvalue weighted by Crippen LogP contribution is -2.48. The third-order valence-electron chi connectivity index (χ3n) is 2.33. The van der Waals surface area contributed by atoms with Gasteiger partial charge in [0, 0.05) is 20.0 Å². The van der Waals surface area contributed by atoms with Crippen molar-refractivity contribution < 1.29 is 19.5 Å². The average molecular weight is 273 g/mol. The Hall–Kier alpha value is -1.79. The Morgan fingerprint density at radius 1 is 1.32 bits per heavy atom. The van der Waals surface area contributed by atoms with Gasteiger partial charge in [-0.2, -0.15) is 0 Å². The van der Waals surface area contributed by atoms with E-state index in [2.05, 4.69) is 5.32 Å². The van der Waals surface area contributed by atoms with Crippen molar-refractivity contribution in [3.05, 3.63) is 0 Å². The van der Waals surface area contributed by atoms with Gasteiger partial charge in [0.05, 0.1) is 0 Å². The number of primary amides is 1. The van der Waals surface area contributed by atoms with Gasteiger partial charge in [-0.15, -0.1) is 0 Å². The van der Waals surface area contributed by atoms with Crippen LogP contribution in [0.25, 0.3) is 0 Å². The highest BCUT2D eigenvalue weighted by Crippen LogP contribution is 2.14. The zero-order valence-corrected chi connectivity index (χ0v) is 11.9. The molecule has 19 heavy (non-hydrogen) atoms. The van der Waals surface area contributed by atoms with Crippen LogP contribution in [-0.2, 0) is 9.59 Å². The van der Waals surface area contributed by atoms with Crippen LogP contribution in [0.4, 0.5) is 4.79 Å². The van der Waals surface area contributed by atoms with Crippen LogP contribution < -0.4 is 11.1 Å². The summed E-state index contributed by atoms with van der Waals surface area (Å²) in [6.45, 7) is 6.40. The average Bonchev–Trinajstić information content (AvgIpc) is 2.20. The summed E-state index contributed by atoms with van der Waals surface area (Å²) in [4.78, 5) is 34.8. The fraction of sp³-hybridized carbons (Fsp3) is 0.750. The van der Waals surface area contributed by atoms with Crippen LogP contribution in [0, 0.1) is 5.41 Å². The number of nitrogens with one attached hydrogen (secondary N) is 1. The summed E-state index contributed by atoms with van der Waals surface area (Å²) in [6, 6.07) is -1.59. The molecule has 1 unspecified atom stereocenters. The molecule has 7 heteroatoms. The number of amides is 3. The SMILES string of the molecule is CN(CC(C)(C)C)C(=O)NC(CCC(N)=O)C(=O)O. The number of hydrogen-bond donors (Lipinski definition) is 3. The first-order valence-electron chi connectivity index (χ1n) is 6.05. The lowest BCUT2D eigenvalue weighted by atomic mass is 9.96. The lowest BCUT2D eigenvalue weighted by molar-refractivity contribution is -0.139. The summed E-state index contributed by atoms with van der Waals surface area (Å²) >= 11 is 0. The number of rotatable bonds is 6. The third kappa shape index (κ3) is 8.01. The van der Waals surface area contributed by atoms with Gasteiger partial charge in [-0.1, -0.05) is 20.8 Å². The Kier molecular flexibility index (Phi) is 6.31. The maximum absolute atomic E-state index is 11.8. The highest BCUT2D eigenvalue weighted by atomic mass is 16.4. The quantitative estimate of drug-likeness (QED) is 0.649. The number of aliphatic carboxylic acids is 1. The van der Waals surface area contributed by atoms with Crippen molar-refractivity contribution in [1.29, 1.82) is 0 Å². The first-order chi connectivity index (χ1) is 8.53. The Balaban J connectivity index is 4.46. The zero-order valence-electron chi connectivity index (χ0n) is 11.9. The lowest BCUT2D eigenvalue weighted by Gasteiger charge is -2.27. The van der Waals surface area contributed by atoms with E-state index in [1.807, 2.05) is 20.8 Å². The first-order valence-corrected chi connectivity index (χ1v) is 6.05. The van der Waals surface area contributed by atoms with Crippen LogP contribution in [0.3, 0.4) is 0 Å². The number of nitrogens with two attached hydrogens (primary N) is 1. The van der Waals surface area contributed by atoms with E-state index in [0.717, 1.165) is 0 Å². The van der Waals surface area contributed by atoms with Crippen molar-refractivity contribution >= 4 is 17.9 Å². The predicted octanol–water partition coefficient (Wildman–Crippen LogP) is 0.393. The van der Waals surface area contributed by atoms with Gasteiger partial charge in [-0.3, -0.25) is 4.79 Å². The largest absolute Gasteiger partial charge is 0.480 e. The molecule has 3 amide bonds. The topological polar surface area (TPSA) is 113 Å².